The Bertz CT molecular complexity index is 967. The van der Waals surface area contributed by atoms with Crippen molar-refractivity contribution in [2.45, 2.75) is 50.1 Å². The SMILES string of the molecule is COc1ccc(C2C(C(=O)NCCN(C)C)c3ccccc3C(=O)N2C2CCCCC2)cc1. The highest BCUT2D eigenvalue weighted by molar-refractivity contribution is 6.01. The van der Waals surface area contributed by atoms with Crippen molar-refractivity contribution in [1.29, 1.82) is 0 Å². The minimum absolute atomic E-state index is 0.0292. The average Bonchev–Trinajstić information content (AvgIpc) is 2.84. The highest BCUT2D eigenvalue weighted by Crippen LogP contribution is 2.46. The third-order valence-corrected chi connectivity index (χ3v) is 6.94. The van der Waals surface area contributed by atoms with Crippen molar-refractivity contribution in [3.63, 3.8) is 0 Å². The van der Waals surface area contributed by atoms with E-state index in [2.05, 4.69) is 5.32 Å². The smallest absolute Gasteiger partial charge is 0.254 e. The van der Waals surface area contributed by atoms with Gasteiger partial charge in [-0.25, -0.2) is 0 Å². The van der Waals surface area contributed by atoms with E-state index in [0.717, 1.165) is 49.1 Å². The minimum atomic E-state index is -0.462. The third kappa shape index (κ3) is 4.91. The van der Waals surface area contributed by atoms with Crippen molar-refractivity contribution in [3.05, 3.63) is 65.2 Å². The van der Waals surface area contributed by atoms with E-state index < -0.39 is 5.92 Å². The molecule has 1 fully saturated rings. The Morgan fingerprint density at radius 3 is 2.42 bits per heavy atom. The van der Waals surface area contributed by atoms with E-state index in [4.69, 9.17) is 4.74 Å². The molecule has 6 nitrogen and oxygen atoms in total. The zero-order valence-electron chi connectivity index (χ0n) is 19.9. The Morgan fingerprint density at radius 2 is 1.76 bits per heavy atom. The monoisotopic (exact) mass is 449 g/mol. The predicted octanol–water partition coefficient (Wildman–Crippen LogP) is 3.99. The van der Waals surface area contributed by atoms with Gasteiger partial charge < -0.3 is 19.9 Å². The molecule has 176 valence electrons. The Balaban J connectivity index is 1.80. The molecule has 0 spiro atoms. The van der Waals surface area contributed by atoms with Gasteiger partial charge in [0.25, 0.3) is 5.91 Å². The summed E-state index contributed by atoms with van der Waals surface area (Å²) in [5.74, 6) is 0.308. The number of carbonyl (C=O) groups excluding carboxylic acids is 2. The van der Waals surface area contributed by atoms with E-state index in [1.807, 2.05) is 72.4 Å². The van der Waals surface area contributed by atoms with Crippen LogP contribution in [0.4, 0.5) is 0 Å². The van der Waals surface area contributed by atoms with Gasteiger partial charge in [-0.3, -0.25) is 9.59 Å². The van der Waals surface area contributed by atoms with E-state index in [1.165, 1.54) is 6.42 Å². The van der Waals surface area contributed by atoms with Crippen LogP contribution >= 0.6 is 0 Å². The zero-order valence-corrected chi connectivity index (χ0v) is 19.9. The van der Waals surface area contributed by atoms with E-state index in [0.29, 0.717) is 12.1 Å². The lowest BCUT2D eigenvalue weighted by atomic mass is 9.77. The Morgan fingerprint density at radius 1 is 1.06 bits per heavy atom. The molecule has 2 aromatic rings. The molecule has 33 heavy (non-hydrogen) atoms. The summed E-state index contributed by atoms with van der Waals surface area (Å²) in [6.07, 6.45) is 5.40. The first-order valence-corrected chi connectivity index (χ1v) is 12.0. The molecule has 4 rings (SSSR count). The number of nitrogens with one attached hydrogen (secondary N) is 1. The zero-order chi connectivity index (χ0) is 23.4. The molecular weight excluding hydrogens is 414 g/mol. The highest BCUT2D eigenvalue weighted by Gasteiger charge is 2.46. The highest BCUT2D eigenvalue weighted by atomic mass is 16.5. The second-order valence-electron chi connectivity index (χ2n) is 9.38. The molecule has 0 saturated heterocycles. The van der Waals surface area contributed by atoms with Crippen LogP contribution in [-0.2, 0) is 4.79 Å². The summed E-state index contributed by atoms with van der Waals surface area (Å²) >= 11 is 0. The van der Waals surface area contributed by atoms with Gasteiger partial charge in [0.1, 0.15) is 5.75 Å². The summed E-state index contributed by atoms with van der Waals surface area (Å²) in [4.78, 5) is 31.6. The van der Waals surface area contributed by atoms with Crippen LogP contribution in [0.5, 0.6) is 5.75 Å². The topological polar surface area (TPSA) is 61.9 Å². The number of hydrogen-bond acceptors (Lipinski definition) is 4. The summed E-state index contributed by atoms with van der Waals surface area (Å²) in [6.45, 7) is 1.33. The molecule has 2 aromatic carbocycles. The van der Waals surface area contributed by atoms with Gasteiger partial charge in [-0.2, -0.15) is 0 Å². The molecule has 1 heterocycles. The number of hydrogen-bond donors (Lipinski definition) is 1. The molecule has 1 N–H and O–H groups in total. The molecule has 0 radical (unpaired) electrons. The number of amides is 2. The van der Waals surface area contributed by atoms with Gasteiger partial charge >= 0.3 is 0 Å². The quantitative estimate of drug-likeness (QED) is 0.694. The standard InChI is InChI=1S/C27H35N3O3/c1-29(2)18-17-28-26(31)24-22-11-7-8-12-23(22)27(32)30(20-9-5-4-6-10-20)25(24)19-13-15-21(33-3)16-14-19/h7-8,11-16,20,24-25H,4-6,9-10,17-18H2,1-3H3,(H,28,31). The molecule has 0 aromatic heterocycles. The maximum atomic E-state index is 13.9. The second kappa shape index (κ2) is 10.4. The summed E-state index contributed by atoms with van der Waals surface area (Å²) in [5.41, 5.74) is 2.44. The normalized spacial score (nSPS) is 21.1. The number of rotatable bonds is 7. The average molecular weight is 450 g/mol. The van der Waals surface area contributed by atoms with Crippen molar-refractivity contribution in [3.8, 4) is 5.75 Å². The molecule has 2 atom stereocenters. The lowest BCUT2D eigenvalue weighted by Crippen LogP contribution is -2.52. The van der Waals surface area contributed by atoms with Crippen LogP contribution in [0.1, 0.15) is 65.5 Å². The largest absolute Gasteiger partial charge is 0.497 e. The molecule has 6 heteroatoms. The summed E-state index contributed by atoms with van der Waals surface area (Å²) in [7, 11) is 5.63. The molecule has 1 aliphatic carbocycles. The molecular formula is C27H35N3O3. The number of carbonyl (C=O) groups is 2. The Labute approximate surface area is 196 Å². The molecule has 0 bridgehead atoms. The van der Waals surface area contributed by atoms with Crippen molar-refractivity contribution >= 4 is 11.8 Å². The van der Waals surface area contributed by atoms with Crippen LogP contribution in [0.3, 0.4) is 0 Å². The van der Waals surface area contributed by atoms with Crippen molar-refractivity contribution in [1.82, 2.24) is 15.1 Å². The van der Waals surface area contributed by atoms with Crippen molar-refractivity contribution < 1.29 is 14.3 Å². The van der Waals surface area contributed by atoms with Crippen LogP contribution in [0.2, 0.25) is 0 Å². The Hall–Kier alpha value is -2.86. The van der Waals surface area contributed by atoms with E-state index in [-0.39, 0.29) is 23.9 Å². The number of benzene rings is 2. The number of nitrogens with zero attached hydrogens (tertiary/aromatic N) is 2. The fraction of sp³-hybridized carbons (Fsp3) is 0.481. The maximum Gasteiger partial charge on any atom is 0.254 e. The number of fused-ring (bicyclic) bond motifs is 1. The van der Waals surface area contributed by atoms with Crippen molar-refractivity contribution in [2.75, 3.05) is 34.3 Å². The first-order valence-electron chi connectivity index (χ1n) is 12.0. The number of likely N-dealkylation sites (N-methyl/N-ethyl adjacent to an activating group) is 1. The van der Waals surface area contributed by atoms with E-state index in [9.17, 15) is 9.59 Å². The third-order valence-electron chi connectivity index (χ3n) is 6.94. The lowest BCUT2D eigenvalue weighted by molar-refractivity contribution is -0.124. The summed E-state index contributed by atoms with van der Waals surface area (Å²) < 4.78 is 5.36. The number of methoxy groups -OCH3 is 1. The van der Waals surface area contributed by atoms with Gasteiger partial charge in [0.05, 0.1) is 19.1 Å². The van der Waals surface area contributed by atoms with Crippen LogP contribution in [0, 0.1) is 0 Å². The van der Waals surface area contributed by atoms with Gasteiger partial charge in [-0.05, 0) is 56.3 Å². The second-order valence-corrected chi connectivity index (χ2v) is 9.38. The van der Waals surface area contributed by atoms with Crippen LogP contribution < -0.4 is 10.1 Å². The van der Waals surface area contributed by atoms with Crippen LogP contribution in [0.15, 0.2) is 48.5 Å². The predicted molar refractivity (Wildman–Crippen MR) is 130 cm³/mol. The van der Waals surface area contributed by atoms with Crippen LogP contribution in [-0.4, -0.2) is 62.0 Å². The van der Waals surface area contributed by atoms with Gasteiger partial charge in [-0.15, -0.1) is 0 Å². The van der Waals surface area contributed by atoms with Gasteiger partial charge in [0.15, 0.2) is 0 Å². The van der Waals surface area contributed by atoms with Gasteiger partial charge in [0.2, 0.25) is 5.91 Å². The van der Waals surface area contributed by atoms with Gasteiger partial charge in [0, 0.05) is 24.7 Å². The fourth-order valence-corrected chi connectivity index (χ4v) is 5.26. The first kappa shape index (κ1) is 23.3. The Kier molecular flexibility index (Phi) is 7.33. The molecule has 1 aliphatic heterocycles. The summed E-state index contributed by atoms with van der Waals surface area (Å²) in [5, 5.41) is 3.14. The van der Waals surface area contributed by atoms with Crippen molar-refractivity contribution in [2.24, 2.45) is 0 Å². The fourth-order valence-electron chi connectivity index (χ4n) is 5.26. The minimum Gasteiger partial charge on any atom is -0.497 e. The first-order chi connectivity index (χ1) is 16.0. The lowest BCUT2D eigenvalue weighted by Gasteiger charge is -2.46. The molecule has 2 unspecified atom stereocenters. The summed E-state index contributed by atoms with van der Waals surface area (Å²) in [6, 6.07) is 15.3. The van der Waals surface area contributed by atoms with Gasteiger partial charge in [-0.1, -0.05) is 49.6 Å². The number of ether oxygens (including phenoxy) is 1. The van der Waals surface area contributed by atoms with E-state index >= 15 is 0 Å². The van der Waals surface area contributed by atoms with E-state index in [1.54, 1.807) is 7.11 Å². The molecule has 1 saturated carbocycles. The van der Waals surface area contributed by atoms with Crippen LogP contribution in [0.25, 0.3) is 0 Å². The molecule has 2 amide bonds. The maximum absolute atomic E-state index is 13.9. The molecule has 2 aliphatic rings.